The summed E-state index contributed by atoms with van der Waals surface area (Å²) in [5.74, 6) is -0.718. The van der Waals surface area contributed by atoms with E-state index in [9.17, 15) is 22.8 Å². The maximum Gasteiger partial charge on any atom is 0.321 e. The van der Waals surface area contributed by atoms with Crippen molar-refractivity contribution >= 4 is 33.4 Å². The van der Waals surface area contributed by atoms with Gasteiger partial charge in [-0.3, -0.25) is 14.5 Å². The molecule has 27 heavy (non-hydrogen) atoms. The van der Waals surface area contributed by atoms with E-state index in [2.05, 4.69) is 5.32 Å². The largest absolute Gasteiger partial charge is 0.324 e. The molecular weight excluding hydrogens is 370 g/mol. The predicted molar refractivity (Wildman–Crippen MR) is 101 cm³/mol. The van der Waals surface area contributed by atoms with Gasteiger partial charge in [-0.2, -0.15) is 0 Å². The van der Waals surface area contributed by atoms with Crippen LogP contribution < -0.4 is 5.32 Å². The standard InChI is InChI=1S/C18H23N3O5S/c1-18(2,3)21-15(22)13-6-5-11(9-14(13)16(21)23)19-17(24)20(4)12-7-8-27(25,26)10-12/h5-6,9,12H,7-8,10H2,1-4H3,(H,19,24). The van der Waals surface area contributed by atoms with Crippen LogP contribution in [0.2, 0.25) is 0 Å². The Balaban J connectivity index is 1.77. The minimum atomic E-state index is -3.10. The van der Waals surface area contributed by atoms with Crippen LogP contribution in [-0.4, -0.2) is 66.2 Å². The van der Waals surface area contributed by atoms with E-state index in [1.807, 2.05) is 0 Å². The maximum absolute atomic E-state index is 12.6. The zero-order valence-corrected chi connectivity index (χ0v) is 16.6. The molecule has 146 valence electrons. The average molecular weight is 393 g/mol. The molecule has 2 aliphatic rings. The molecule has 0 radical (unpaired) electrons. The normalized spacial score (nSPS) is 21.3. The Bertz CT molecular complexity index is 933. The summed E-state index contributed by atoms with van der Waals surface area (Å²) in [7, 11) is -1.55. The molecule has 0 bridgehead atoms. The number of carbonyl (C=O) groups is 3. The number of urea groups is 1. The van der Waals surface area contributed by atoms with E-state index in [-0.39, 0.29) is 29.0 Å². The fourth-order valence-corrected chi connectivity index (χ4v) is 5.16. The van der Waals surface area contributed by atoms with E-state index < -0.39 is 27.3 Å². The minimum Gasteiger partial charge on any atom is -0.324 e. The van der Waals surface area contributed by atoms with Crippen molar-refractivity contribution in [3.8, 4) is 0 Å². The Morgan fingerprint density at radius 3 is 2.37 bits per heavy atom. The summed E-state index contributed by atoms with van der Waals surface area (Å²) in [6.45, 7) is 5.34. The predicted octanol–water partition coefficient (Wildman–Crippen LogP) is 1.73. The van der Waals surface area contributed by atoms with Crippen molar-refractivity contribution in [1.29, 1.82) is 0 Å². The van der Waals surface area contributed by atoms with Crippen LogP contribution in [0.25, 0.3) is 0 Å². The van der Waals surface area contributed by atoms with Crippen molar-refractivity contribution in [3.05, 3.63) is 29.3 Å². The third kappa shape index (κ3) is 3.55. The highest BCUT2D eigenvalue weighted by Crippen LogP contribution is 2.31. The van der Waals surface area contributed by atoms with Gasteiger partial charge in [0.2, 0.25) is 0 Å². The molecular formula is C18H23N3O5S. The fourth-order valence-electron chi connectivity index (χ4n) is 3.39. The number of nitrogens with zero attached hydrogens (tertiary/aromatic N) is 2. The molecule has 1 N–H and O–H groups in total. The highest BCUT2D eigenvalue weighted by atomic mass is 32.2. The molecule has 4 amide bonds. The number of anilines is 1. The van der Waals surface area contributed by atoms with Crippen molar-refractivity contribution < 1.29 is 22.8 Å². The number of amides is 4. The van der Waals surface area contributed by atoms with Gasteiger partial charge in [0, 0.05) is 24.3 Å². The molecule has 1 aromatic carbocycles. The lowest BCUT2D eigenvalue weighted by atomic mass is 10.1. The Morgan fingerprint density at radius 2 is 1.81 bits per heavy atom. The van der Waals surface area contributed by atoms with Gasteiger partial charge >= 0.3 is 6.03 Å². The van der Waals surface area contributed by atoms with Gasteiger partial charge in [-0.25, -0.2) is 13.2 Å². The van der Waals surface area contributed by atoms with Crippen LogP contribution in [0.3, 0.4) is 0 Å². The molecule has 1 unspecified atom stereocenters. The number of rotatable bonds is 2. The van der Waals surface area contributed by atoms with Crippen LogP contribution in [0.15, 0.2) is 18.2 Å². The molecule has 9 heteroatoms. The molecule has 1 aromatic rings. The number of fused-ring (bicyclic) bond motifs is 1. The molecule has 0 saturated carbocycles. The van der Waals surface area contributed by atoms with Crippen LogP contribution >= 0.6 is 0 Å². The Kier molecular flexibility index (Phi) is 4.54. The third-order valence-corrected chi connectivity index (χ3v) is 6.64. The molecule has 1 saturated heterocycles. The number of carbonyl (C=O) groups excluding carboxylic acids is 3. The first-order chi connectivity index (χ1) is 12.4. The van der Waals surface area contributed by atoms with Gasteiger partial charge in [0.25, 0.3) is 11.8 Å². The number of nitrogens with one attached hydrogen (secondary N) is 1. The molecule has 3 rings (SSSR count). The minimum absolute atomic E-state index is 0.0470. The zero-order chi connectivity index (χ0) is 20.1. The second kappa shape index (κ2) is 6.33. The fraction of sp³-hybridized carbons (Fsp3) is 0.500. The summed E-state index contributed by atoms with van der Waals surface area (Å²) >= 11 is 0. The number of hydrogen-bond donors (Lipinski definition) is 1. The van der Waals surface area contributed by atoms with Gasteiger partial charge in [0.15, 0.2) is 9.84 Å². The number of imide groups is 1. The summed E-state index contributed by atoms with van der Waals surface area (Å²) in [6.07, 6.45) is 0.407. The van der Waals surface area contributed by atoms with Crippen LogP contribution in [0, 0.1) is 0 Å². The summed E-state index contributed by atoms with van der Waals surface area (Å²) in [5, 5.41) is 2.67. The van der Waals surface area contributed by atoms with Gasteiger partial charge < -0.3 is 10.2 Å². The lowest BCUT2D eigenvalue weighted by Gasteiger charge is -2.29. The average Bonchev–Trinajstić information content (AvgIpc) is 3.03. The van der Waals surface area contributed by atoms with Crippen molar-refractivity contribution in [1.82, 2.24) is 9.80 Å². The molecule has 0 aromatic heterocycles. The van der Waals surface area contributed by atoms with Crippen molar-refractivity contribution in [2.75, 3.05) is 23.9 Å². The SMILES string of the molecule is CN(C(=O)Nc1ccc2c(c1)C(=O)N(C(C)(C)C)C2=O)C1CCS(=O)(=O)C1. The van der Waals surface area contributed by atoms with Crippen molar-refractivity contribution in [3.63, 3.8) is 0 Å². The molecule has 1 atom stereocenters. The van der Waals surface area contributed by atoms with E-state index in [1.54, 1.807) is 33.9 Å². The summed E-state index contributed by atoms with van der Waals surface area (Å²) in [5.41, 5.74) is 0.287. The topological polar surface area (TPSA) is 104 Å². The summed E-state index contributed by atoms with van der Waals surface area (Å²) in [4.78, 5) is 40.1. The highest BCUT2D eigenvalue weighted by Gasteiger charge is 2.42. The first-order valence-corrected chi connectivity index (χ1v) is 10.5. The molecule has 8 nitrogen and oxygen atoms in total. The Labute approximate surface area is 158 Å². The lowest BCUT2D eigenvalue weighted by Crippen LogP contribution is -2.45. The number of sulfone groups is 1. The van der Waals surface area contributed by atoms with Crippen LogP contribution in [0.4, 0.5) is 10.5 Å². The summed E-state index contributed by atoms with van der Waals surface area (Å²) in [6, 6.07) is 3.74. The monoisotopic (exact) mass is 393 g/mol. The van der Waals surface area contributed by atoms with E-state index in [0.29, 0.717) is 17.7 Å². The van der Waals surface area contributed by atoms with Crippen molar-refractivity contribution in [2.45, 2.75) is 38.8 Å². The van der Waals surface area contributed by atoms with Gasteiger partial charge in [0.1, 0.15) is 0 Å². The van der Waals surface area contributed by atoms with Gasteiger partial charge in [0.05, 0.1) is 22.6 Å². The van der Waals surface area contributed by atoms with E-state index in [1.165, 1.54) is 21.9 Å². The first kappa shape index (κ1) is 19.3. The Hall–Kier alpha value is -2.42. The first-order valence-electron chi connectivity index (χ1n) is 8.68. The van der Waals surface area contributed by atoms with Gasteiger partial charge in [-0.1, -0.05) is 0 Å². The number of benzene rings is 1. The molecule has 0 spiro atoms. The van der Waals surface area contributed by atoms with Crippen LogP contribution in [0.5, 0.6) is 0 Å². The van der Waals surface area contributed by atoms with E-state index in [0.717, 1.165) is 0 Å². The molecule has 2 heterocycles. The van der Waals surface area contributed by atoms with Gasteiger partial charge in [-0.15, -0.1) is 0 Å². The molecule has 1 fully saturated rings. The molecule has 0 aliphatic carbocycles. The third-order valence-electron chi connectivity index (χ3n) is 4.89. The van der Waals surface area contributed by atoms with Gasteiger partial charge in [-0.05, 0) is 45.4 Å². The van der Waals surface area contributed by atoms with E-state index in [4.69, 9.17) is 0 Å². The summed E-state index contributed by atoms with van der Waals surface area (Å²) < 4.78 is 23.2. The van der Waals surface area contributed by atoms with Crippen LogP contribution in [0.1, 0.15) is 47.9 Å². The molecule has 2 aliphatic heterocycles. The smallest absolute Gasteiger partial charge is 0.321 e. The second-order valence-corrected chi connectivity index (χ2v) is 10.2. The van der Waals surface area contributed by atoms with Crippen LogP contribution in [-0.2, 0) is 9.84 Å². The quantitative estimate of drug-likeness (QED) is 0.771. The number of hydrogen-bond acceptors (Lipinski definition) is 5. The highest BCUT2D eigenvalue weighted by molar-refractivity contribution is 7.91. The van der Waals surface area contributed by atoms with Crippen molar-refractivity contribution in [2.24, 2.45) is 0 Å². The van der Waals surface area contributed by atoms with E-state index >= 15 is 0 Å². The Morgan fingerprint density at radius 1 is 1.19 bits per heavy atom. The lowest BCUT2D eigenvalue weighted by molar-refractivity contribution is 0.0507. The maximum atomic E-state index is 12.6. The second-order valence-electron chi connectivity index (χ2n) is 7.97. The zero-order valence-electron chi connectivity index (χ0n) is 15.8.